The molecule has 0 spiro atoms. The first-order chi connectivity index (χ1) is 9.99. The Labute approximate surface area is 121 Å². The van der Waals surface area contributed by atoms with Gasteiger partial charge in [-0.05, 0) is 26.2 Å². The minimum absolute atomic E-state index is 0.170. The Morgan fingerprint density at radius 3 is 2.71 bits per heavy atom. The predicted octanol–water partition coefficient (Wildman–Crippen LogP) is -0.632. The van der Waals surface area contributed by atoms with E-state index in [-0.39, 0.29) is 12.5 Å². The summed E-state index contributed by atoms with van der Waals surface area (Å²) in [4.78, 5) is 39.9. The van der Waals surface area contributed by atoms with Crippen LogP contribution in [-0.2, 0) is 11.3 Å². The van der Waals surface area contributed by atoms with Crippen LogP contribution in [0.5, 0.6) is 0 Å². The molecule has 2 rings (SSSR count). The average molecular weight is 290 g/mol. The number of carbonyl (C=O) groups is 1. The maximum atomic E-state index is 11.9. The number of para-hydroxylation sites is 2. The fourth-order valence-corrected chi connectivity index (χ4v) is 2.00. The number of nitrogens with one attached hydrogen (secondary N) is 2. The van der Waals surface area contributed by atoms with Crippen molar-refractivity contribution < 1.29 is 4.79 Å². The lowest BCUT2D eigenvalue weighted by molar-refractivity contribution is -0.121. The first kappa shape index (κ1) is 15.0. The maximum absolute atomic E-state index is 11.9. The summed E-state index contributed by atoms with van der Waals surface area (Å²) in [6.45, 7) is 1.02. The third-order valence-electron chi connectivity index (χ3n) is 3.07. The number of hydrogen-bond donors (Lipinski definition) is 2. The second-order valence-corrected chi connectivity index (χ2v) is 5.02. The molecule has 0 atom stereocenters. The standard InChI is InChI=1S/C14H18N4O3/c1-17(2)8-7-15-12(19)9-18-11-6-4-3-5-10(11)16-13(20)14(18)21/h3-6H,7-9H2,1-2H3,(H,15,19)(H,16,20). The summed E-state index contributed by atoms with van der Waals surface area (Å²) in [5.41, 5.74) is -0.390. The summed E-state index contributed by atoms with van der Waals surface area (Å²) in [5.74, 6) is -0.297. The van der Waals surface area contributed by atoms with Gasteiger partial charge in [0.1, 0.15) is 6.54 Å². The Balaban J connectivity index is 2.25. The van der Waals surface area contributed by atoms with Gasteiger partial charge in [0, 0.05) is 13.1 Å². The van der Waals surface area contributed by atoms with Gasteiger partial charge in [-0.15, -0.1) is 0 Å². The van der Waals surface area contributed by atoms with Gasteiger partial charge in [0.25, 0.3) is 0 Å². The van der Waals surface area contributed by atoms with E-state index >= 15 is 0 Å². The van der Waals surface area contributed by atoms with Gasteiger partial charge < -0.3 is 15.2 Å². The van der Waals surface area contributed by atoms with E-state index in [0.717, 1.165) is 0 Å². The van der Waals surface area contributed by atoms with Crippen LogP contribution in [0.2, 0.25) is 0 Å². The fraction of sp³-hybridized carbons (Fsp3) is 0.357. The molecule has 0 unspecified atom stereocenters. The summed E-state index contributed by atoms with van der Waals surface area (Å²) < 4.78 is 1.19. The van der Waals surface area contributed by atoms with E-state index in [9.17, 15) is 14.4 Å². The zero-order valence-corrected chi connectivity index (χ0v) is 12.0. The summed E-state index contributed by atoms with van der Waals surface area (Å²) in [6.07, 6.45) is 0. The highest BCUT2D eigenvalue weighted by Gasteiger charge is 2.10. The van der Waals surface area contributed by atoms with Crippen LogP contribution < -0.4 is 16.4 Å². The summed E-state index contributed by atoms with van der Waals surface area (Å²) in [5, 5.41) is 2.72. The van der Waals surface area contributed by atoms with Gasteiger partial charge in [-0.1, -0.05) is 12.1 Å². The van der Waals surface area contributed by atoms with Crippen molar-refractivity contribution >= 4 is 16.9 Å². The largest absolute Gasteiger partial charge is 0.353 e. The van der Waals surface area contributed by atoms with Gasteiger partial charge in [0.2, 0.25) is 5.91 Å². The number of nitrogens with zero attached hydrogens (tertiary/aromatic N) is 2. The molecule has 1 aromatic carbocycles. The Bertz CT molecular complexity index is 761. The van der Waals surface area contributed by atoms with Crippen LogP contribution in [0.1, 0.15) is 0 Å². The Morgan fingerprint density at radius 2 is 2.00 bits per heavy atom. The zero-order valence-electron chi connectivity index (χ0n) is 12.0. The first-order valence-corrected chi connectivity index (χ1v) is 6.62. The number of hydrogen-bond acceptors (Lipinski definition) is 4. The van der Waals surface area contributed by atoms with Crippen molar-refractivity contribution in [2.75, 3.05) is 27.2 Å². The van der Waals surface area contributed by atoms with E-state index in [1.165, 1.54) is 4.57 Å². The molecule has 1 heterocycles. The Kier molecular flexibility index (Phi) is 4.54. The van der Waals surface area contributed by atoms with Gasteiger partial charge >= 0.3 is 11.1 Å². The Morgan fingerprint density at radius 1 is 1.29 bits per heavy atom. The van der Waals surface area contributed by atoms with E-state index in [2.05, 4.69) is 10.3 Å². The van der Waals surface area contributed by atoms with Crippen molar-refractivity contribution in [1.29, 1.82) is 0 Å². The molecule has 112 valence electrons. The molecule has 0 saturated carbocycles. The second-order valence-electron chi connectivity index (χ2n) is 5.02. The van der Waals surface area contributed by atoms with Crippen LogP contribution in [0.25, 0.3) is 11.0 Å². The number of benzene rings is 1. The van der Waals surface area contributed by atoms with Crippen molar-refractivity contribution in [3.8, 4) is 0 Å². The normalized spacial score (nSPS) is 11.0. The number of H-pyrrole nitrogens is 1. The van der Waals surface area contributed by atoms with E-state index in [4.69, 9.17) is 0 Å². The molecule has 7 nitrogen and oxygen atoms in total. The highest BCUT2D eigenvalue weighted by atomic mass is 16.2. The lowest BCUT2D eigenvalue weighted by Gasteiger charge is -2.12. The number of fused-ring (bicyclic) bond motifs is 1. The molecule has 7 heteroatoms. The molecule has 2 aromatic rings. The topological polar surface area (TPSA) is 87.2 Å². The van der Waals surface area contributed by atoms with Gasteiger partial charge in [0.15, 0.2) is 0 Å². The van der Waals surface area contributed by atoms with Crippen LogP contribution in [0.3, 0.4) is 0 Å². The van der Waals surface area contributed by atoms with Crippen molar-refractivity contribution in [1.82, 2.24) is 19.8 Å². The molecular formula is C14H18N4O3. The van der Waals surface area contributed by atoms with Crippen molar-refractivity contribution in [3.63, 3.8) is 0 Å². The number of aromatic amines is 1. The summed E-state index contributed by atoms with van der Waals surface area (Å²) >= 11 is 0. The van der Waals surface area contributed by atoms with Crippen molar-refractivity contribution in [2.45, 2.75) is 6.54 Å². The average Bonchev–Trinajstić information content (AvgIpc) is 2.43. The summed E-state index contributed by atoms with van der Waals surface area (Å²) in [7, 11) is 3.81. The quantitative estimate of drug-likeness (QED) is 0.718. The minimum atomic E-state index is -0.727. The third kappa shape index (κ3) is 3.57. The lowest BCUT2D eigenvalue weighted by atomic mass is 10.3. The van der Waals surface area contributed by atoms with Crippen LogP contribution in [0.15, 0.2) is 33.9 Å². The molecule has 0 saturated heterocycles. The van der Waals surface area contributed by atoms with Crippen molar-refractivity contribution in [2.24, 2.45) is 0 Å². The van der Waals surface area contributed by atoms with E-state index in [0.29, 0.717) is 24.1 Å². The number of likely N-dealkylation sites (N-methyl/N-ethyl adjacent to an activating group) is 1. The zero-order chi connectivity index (χ0) is 15.4. The first-order valence-electron chi connectivity index (χ1n) is 6.62. The number of rotatable bonds is 5. The molecule has 2 N–H and O–H groups in total. The highest BCUT2D eigenvalue weighted by molar-refractivity contribution is 5.79. The molecule has 0 fully saturated rings. The predicted molar refractivity (Wildman–Crippen MR) is 80.4 cm³/mol. The van der Waals surface area contributed by atoms with E-state index in [1.54, 1.807) is 24.3 Å². The number of carbonyl (C=O) groups excluding carboxylic acids is 1. The van der Waals surface area contributed by atoms with E-state index < -0.39 is 11.1 Å². The lowest BCUT2D eigenvalue weighted by Crippen LogP contribution is -2.41. The smallest absolute Gasteiger partial charge is 0.317 e. The van der Waals surface area contributed by atoms with Crippen LogP contribution in [-0.4, -0.2) is 47.5 Å². The molecule has 0 aliphatic heterocycles. The van der Waals surface area contributed by atoms with E-state index in [1.807, 2.05) is 19.0 Å². The molecule has 0 aliphatic rings. The molecule has 0 radical (unpaired) electrons. The number of aromatic nitrogens is 2. The second kappa shape index (κ2) is 6.36. The fourth-order valence-electron chi connectivity index (χ4n) is 2.00. The molecule has 1 amide bonds. The van der Waals surface area contributed by atoms with Crippen LogP contribution in [0.4, 0.5) is 0 Å². The van der Waals surface area contributed by atoms with Crippen molar-refractivity contribution in [3.05, 3.63) is 45.0 Å². The SMILES string of the molecule is CN(C)CCNC(=O)Cn1c(=O)c(=O)[nH]c2ccccc21. The Hall–Kier alpha value is -2.41. The summed E-state index contributed by atoms with van der Waals surface area (Å²) in [6, 6.07) is 6.89. The van der Waals surface area contributed by atoms with Crippen LogP contribution in [0, 0.1) is 0 Å². The van der Waals surface area contributed by atoms with Gasteiger partial charge in [-0.3, -0.25) is 19.0 Å². The van der Waals surface area contributed by atoms with Gasteiger partial charge in [-0.25, -0.2) is 0 Å². The molecule has 1 aromatic heterocycles. The van der Waals surface area contributed by atoms with Crippen LogP contribution >= 0.6 is 0 Å². The molecule has 0 bridgehead atoms. The van der Waals surface area contributed by atoms with Gasteiger partial charge in [-0.2, -0.15) is 0 Å². The number of amides is 1. The molecular weight excluding hydrogens is 272 g/mol. The highest BCUT2D eigenvalue weighted by Crippen LogP contribution is 2.06. The minimum Gasteiger partial charge on any atom is -0.353 e. The maximum Gasteiger partial charge on any atom is 0.317 e. The van der Waals surface area contributed by atoms with Gasteiger partial charge in [0.05, 0.1) is 11.0 Å². The molecule has 0 aliphatic carbocycles. The monoisotopic (exact) mass is 290 g/mol. The molecule has 21 heavy (non-hydrogen) atoms. The third-order valence-corrected chi connectivity index (χ3v) is 3.07.